The third-order valence-corrected chi connectivity index (χ3v) is 6.37. The van der Waals surface area contributed by atoms with E-state index in [1.807, 2.05) is 59.5 Å². The third-order valence-electron chi connectivity index (χ3n) is 6.37. The maximum absolute atomic E-state index is 13.1. The van der Waals surface area contributed by atoms with E-state index in [9.17, 15) is 9.59 Å². The van der Waals surface area contributed by atoms with E-state index in [2.05, 4.69) is 9.97 Å². The molecular weight excluding hydrogens is 416 g/mol. The van der Waals surface area contributed by atoms with Gasteiger partial charge in [-0.25, -0.2) is 4.98 Å². The van der Waals surface area contributed by atoms with E-state index in [1.165, 1.54) is 12.8 Å². The van der Waals surface area contributed by atoms with Crippen molar-refractivity contribution < 1.29 is 14.3 Å². The van der Waals surface area contributed by atoms with Crippen molar-refractivity contribution in [1.29, 1.82) is 0 Å². The second-order valence-electron chi connectivity index (χ2n) is 9.13. The van der Waals surface area contributed by atoms with Crippen LogP contribution in [0.4, 0.5) is 0 Å². The van der Waals surface area contributed by atoms with Gasteiger partial charge in [-0.05, 0) is 36.5 Å². The predicted octanol–water partition coefficient (Wildman–Crippen LogP) is 3.16. The van der Waals surface area contributed by atoms with Gasteiger partial charge in [-0.3, -0.25) is 9.59 Å². The van der Waals surface area contributed by atoms with Gasteiger partial charge in [-0.15, -0.1) is 0 Å². The lowest BCUT2D eigenvalue weighted by Gasteiger charge is -2.25. The highest BCUT2D eigenvalue weighted by molar-refractivity contribution is 5.85. The number of ether oxygens (including phenoxy) is 1. The summed E-state index contributed by atoms with van der Waals surface area (Å²) in [5.41, 5.74) is 2.95. The second-order valence-corrected chi connectivity index (χ2v) is 9.13. The topological polar surface area (TPSA) is 78.5 Å². The molecule has 1 N–H and O–H groups in total. The number of H-pyrrole nitrogens is 1. The number of amides is 2. The van der Waals surface area contributed by atoms with Gasteiger partial charge in [-0.2, -0.15) is 0 Å². The number of hydrogen-bond acceptors (Lipinski definition) is 4. The Hall–Kier alpha value is -3.19. The fourth-order valence-electron chi connectivity index (χ4n) is 4.30. The molecule has 2 aromatic carbocycles. The standard InChI is InChI=1S/C26H30N4O3/c31-25(13-12-24-27-22-8-4-5-9-23(22)28-24)30-16-21(33-18-20-10-11-20)15-29(26(32)17-30)14-19-6-2-1-3-7-19/h1-9,20-21H,10-18H2,(H,27,28)/t21-/m1/s1. The van der Waals surface area contributed by atoms with Crippen molar-refractivity contribution in [2.75, 3.05) is 26.2 Å². The zero-order chi connectivity index (χ0) is 22.6. The predicted molar refractivity (Wildman–Crippen MR) is 125 cm³/mol. The van der Waals surface area contributed by atoms with E-state index in [0.717, 1.165) is 22.4 Å². The first-order chi connectivity index (χ1) is 16.1. The molecule has 2 heterocycles. The van der Waals surface area contributed by atoms with Crippen LogP contribution in [0.25, 0.3) is 11.0 Å². The molecule has 1 atom stereocenters. The van der Waals surface area contributed by atoms with Crippen molar-refractivity contribution in [1.82, 2.24) is 19.8 Å². The van der Waals surface area contributed by atoms with E-state index in [-0.39, 0.29) is 24.5 Å². The molecule has 1 aliphatic carbocycles. The smallest absolute Gasteiger partial charge is 0.242 e. The Morgan fingerprint density at radius 1 is 1.06 bits per heavy atom. The summed E-state index contributed by atoms with van der Waals surface area (Å²) >= 11 is 0. The number of nitrogens with one attached hydrogen (secondary N) is 1. The minimum Gasteiger partial charge on any atom is -0.374 e. The van der Waals surface area contributed by atoms with Gasteiger partial charge >= 0.3 is 0 Å². The van der Waals surface area contributed by atoms with Gasteiger partial charge in [0.05, 0.1) is 23.7 Å². The van der Waals surface area contributed by atoms with Crippen LogP contribution in [0.1, 0.15) is 30.7 Å². The number of hydrogen-bond donors (Lipinski definition) is 1. The highest BCUT2D eigenvalue weighted by Crippen LogP contribution is 2.29. The van der Waals surface area contributed by atoms with Gasteiger partial charge in [0, 0.05) is 39.1 Å². The number of benzene rings is 2. The van der Waals surface area contributed by atoms with Crippen molar-refractivity contribution in [3.63, 3.8) is 0 Å². The summed E-state index contributed by atoms with van der Waals surface area (Å²) in [5, 5.41) is 0. The summed E-state index contributed by atoms with van der Waals surface area (Å²) < 4.78 is 6.18. The number of rotatable bonds is 8. The molecule has 1 aromatic heterocycles. The normalized spacial score (nSPS) is 19.2. The van der Waals surface area contributed by atoms with E-state index >= 15 is 0 Å². The van der Waals surface area contributed by atoms with Crippen LogP contribution in [0, 0.1) is 5.92 Å². The number of para-hydroxylation sites is 2. The summed E-state index contributed by atoms with van der Waals surface area (Å²) in [4.78, 5) is 37.5. The summed E-state index contributed by atoms with van der Waals surface area (Å²) in [6, 6.07) is 17.8. The van der Waals surface area contributed by atoms with Crippen LogP contribution in [0.5, 0.6) is 0 Å². The zero-order valence-corrected chi connectivity index (χ0v) is 18.8. The van der Waals surface area contributed by atoms with E-state index in [4.69, 9.17) is 4.74 Å². The molecule has 2 amide bonds. The minimum atomic E-state index is -0.170. The number of fused-ring (bicyclic) bond motifs is 1. The van der Waals surface area contributed by atoms with Crippen LogP contribution in [0.15, 0.2) is 54.6 Å². The van der Waals surface area contributed by atoms with Crippen LogP contribution in [0.3, 0.4) is 0 Å². The van der Waals surface area contributed by atoms with Crippen LogP contribution in [-0.2, 0) is 27.3 Å². The Labute approximate surface area is 193 Å². The van der Waals surface area contributed by atoms with Crippen molar-refractivity contribution in [2.45, 2.75) is 38.3 Å². The molecule has 3 aromatic rings. The van der Waals surface area contributed by atoms with Crippen LogP contribution in [0.2, 0.25) is 0 Å². The molecule has 0 bridgehead atoms. The molecule has 2 fully saturated rings. The Kier molecular flexibility index (Phi) is 6.39. The van der Waals surface area contributed by atoms with E-state index in [1.54, 1.807) is 4.90 Å². The third kappa shape index (κ3) is 5.60. The SMILES string of the molecule is O=C(CCc1nc2ccccc2[nH]1)N1CC(=O)N(Cc2ccccc2)C[C@@H](OCC2CC2)C1. The van der Waals surface area contributed by atoms with Gasteiger partial charge in [0.2, 0.25) is 11.8 Å². The van der Waals surface area contributed by atoms with E-state index in [0.29, 0.717) is 45.0 Å². The van der Waals surface area contributed by atoms with Gasteiger partial charge in [0.1, 0.15) is 5.82 Å². The number of imidazole rings is 1. The zero-order valence-electron chi connectivity index (χ0n) is 18.8. The fourth-order valence-corrected chi connectivity index (χ4v) is 4.30. The van der Waals surface area contributed by atoms with Gasteiger partial charge in [-0.1, -0.05) is 42.5 Å². The summed E-state index contributed by atoms with van der Waals surface area (Å²) in [5.74, 6) is 1.35. The summed E-state index contributed by atoms with van der Waals surface area (Å²) in [7, 11) is 0. The molecule has 5 rings (SSSR count). The van der Waals surface area contributed by atoms with Gasteiger partial charge < -0.3 is 19.5 Å². The summed E-state index contributed by atoms with van der Waals surface area (Å²) in [6.07, 6.45) is 3.07. The maximum Gasteiger partial charge on any atom is 0.242 e. The Bertz CT molecular complexity index is 1080. The molecule has 7 nitrogen and oxygen atoms in total. The molecule has 1 aliphatic heterocycles. The quantitative estimate of drug-likeness (QED) is 0.577. The molecule has 33 heavy (non-hydrogen) atoms. The molecule has 0 spiro atoms. The van der Waals surface area contributed by atoms with Gasteiger partial charge in [0.15, 0.2) is 0 Å². The number of aryl methyl sites for hydroxylation is 1. The first-order valence-electron chi connectivity index (χ1n) is 11.8. The fraction of sp³-hybridized carbons (Fsp3) is 0.423. The van der Waals surface area contributed by atoms with Crippen LogP contribution >= 0.6 is 0 Å². The Morgan fingerprint density at radius 3 is 2.64 bits per heavy atom. The summed E-state index contributed by atoms with van der Waals surface area (Å²) in [6.45, 7) is 2.29. The molecule has 0 radical (unpaired) electrons. The number of nitrogens with zero attached hydrogens (tertiary/aromatic N) is 3. The Balaban J connectivity index is 1.25. The lowest BCUT2D eigenvalue weighted by molar-refractivity contribution is -0.139. The van der Waals surface area contributed by atoms with Crippen molar-refractivity contribution in [2.24, 2.45) is 5.92 Å². The van der Waals surface area contributed by atoms with Crippen LogP contribution in [-0.4, -0.2) is 63.9 Å². The van der Waals surface area contributed by atoms with Crippen molar-refractivity contribution in [3.8, 4) is 0 Å². The molecule has 0 unspecified atom stereocenters. The van der Waals surface area contributed by atoms with Gasteiger partial charge in [0.25, 0.3) is 0 Å². The second kappa shape index (κ2) is 9.75. The lowest BCUT2D eigenvalue weighted by atomic mass is 10.2. The first-order valence-corrected chi connectivity index (χ1v) is 11.8. The van der Waals surface area contributed by atoms with Crippen molar-refractivity contribution in [3.05, 3.63) is 66.0 Å². The number of carbonyl (C=O) groups excluding carboxylic acids is 2. The lowest BCUT2D eigenvalue weighted by Crippen LogP contribution is -2.40. The number of aromatic amines is 1. The largest absolute Gasteiger partial charge is 0.374 e. The number of aromatic nitrogens is 2. The molecule has 1 saturated heterocycles. The Morgan fingerprint density at radius 2 is 1.85 bits per heavy atom. The molecular formula is C26H30N4O3. The maximum atomic E-state index is 13.1. The molecule has 172 valence electrons. The van der Waals surface area contributed by atoms with Crippen molar-refractivity contribution >= 4 is 22.8 Å². The minimum absolute atomic E-state index is 0.0338. The average Bonchev–Trinajstić information content (AvgIpc) is 3.59. The molecule has 1 saturated carbocycles. The number of carbonyl (C=O) groups is 2. The van der Waals surface area contributed by atoms with Crippen LogP contribution < -0.4 is 0 Å². The highest BCUT2D eigenvalue weighted by atomic mass is 16.5. The molecule has 2 aliphatic rings. The highest BCUT2D eigenvalue weighted by Gasteiger charge is 2.32. The van der Waals surface area contributed by atoms with E-state index < -0.39 is 0 Å². The average molecular weight is 447 g/mol. The molecule has 7 heteroatoms. The first kappa shape index (κ1) is 21.6. The monoisotopic (exact) mass is 446 g/mol.